The lowest BCUT2D eigenvalue weighted by atomic mass is 10.3. The first-order valence-corrected chi connectivity index (χ1v) is 4.65. The molecule has 0 saturated carbocycles. The summed E-state index contributed by atoms with van der Waals surface area (Å²) in [7, 11) is 1.94. The molecule has 0 amide bonds. The van der Waals surface area contributed by atoms with Crippen LogP contribution in [0.25, 0.3) is 0 Å². The first-order valence-electron chi connectivity index (χ1n) is 4.65. The molecule has 4 nitrogen and oxygen atoms in total. The van der Waals surface area contributed by atoms with Gasteiger partial charge >= 0.3 is 0 Å². The molecule has 1 aromatic heterocycles. The summed E-state index contributed by atoms with van der Waals surface area (Å²) in [6.45, 7) is 2.56. The Labute approximate surface area is 77.9 Å². The molecule has 0 spiro atoms. The quantitative estimate of drug-likeness (QED) is 0.740. The Morgan fingerprint density at radius 3 is 3.38 bits per heavy atom. The molecule has 1 saturated heterocycles. The average molecular weight is 181 g/mol. The van der Waals surface area contributed by atoms with E-state index in [1.807, 2.05) is 17.9 Å². The van der Waals surface area contributed by atoms with E-state index in [4.69, 9.17) is 4.74 Å². The number of ether oxygens (including phenoxy) is 1. The Hall–Kier alpha value is -0.870. The van der Waals surface area contributed by atoms with Crippen LogP contribution in [-0.2, 0) is 11.3 Å². The number of hydrogen-bond acceptors (Lipinski definition) is 3. The van der Waals surface area contributed by atoms with Crippen LogP contribution in [0, 0.1) is 0 Å². The van der Waals surface area contributed by atoms with Crippen molar-refractivity contribution in [3.63, 3.8) is 0 Å². The lowest BCUT2D eigenvalue weighted by Gasteiger charge is -2.06. The van der Waals surface area contributed by atoms with Crippen LogP contribution < -0.4 is 5.32 Å². The van der Waals surface area contributed by atoms with Crippen molar-refractivity contribution in [1.82, 2.24) is 15.1 Å². The standard InChI is InChI=1S/C9H15N3O/c1-10-4-8-5-11-12(6-8)9-2-3-13-7-9/h5-6,9-10H,2-4,7H2,1H3/t9-/m0/s1. The normalized spacial score (nSPS) is 22.4. The molecule has 1 aliphatic heterocycles. The van der Waals surface area contributed by atoms with Gasteiger partial charge in [-0.2, -0.15) is 5.10 Å². The predicted molar refractivity (Wildman–Crippen MR) is 49.5 cm³/mol. The zero-order chi connectivity index (χ0) is 9.10. The summed E-state index contributed by atoms with van der Waals surface area (Å²) in [5.41, 5.74) is 1.23. The van der Waals surface area contributed by atoms with E-state index in [0.29, 0.717) is 6.04 Å². The van der Waals surface area contributed by atoms with Crippen LogP contribution in [-0.4, -0.2) is 30.0 Å². The Kier molecular flexibility index (Phi) is 2.61. The molecule has 4 heteroatoms. The molecule has 1 N–H and O–H groups in total. The highest BCUT2D eigenvalue weighted by Gasteiger charge is 2.17. The smallest absolute Gasteiger partial charge is 0.0774 e. The van der Waals surface area contributed by atoms with E-state index in [2.05, 4.69) is 16.6 Å². The van der Waals surface area contributed by atoms with Gasteiger partial charge in [0.15, 0.2) is 0 Å². The first kappa shape index (κ1) is 8.72. The maximum absolute atomic E-state index is 5.30. The molecule has 72 valence electrons. The van der Waals surface area contributed by atoms with E-state index in [0.717, 1.165) is 26.2 Å². The molecule has 0 aromatic carbocycles. The number of rotatable bonds is 3. The Balaban J connectivity index is 2.03. The SMILES string of the molecule is CNCc1cnn([C@H]2CCOC2)c1. The van der Waals surface area contributed by atoms with Crippen molar-refractivity contribution in [2.45, 2.75) is 19.0 Å². The van der Waals surface area contributed by atoms with Gasteiger partial charge in [-0.15, -0.1) is 0 Å². The van der Waals surface area contributed by atoms with E-state index in [9.17, 15) is 0 Å². The van der Waals surface area contributed by atoms with Crippen molar-refractivity contribution in [2.24, 2.45) is 0 Å². The molecule has 1 fully saturated rings. The molecule has 0 unspecified atom stereocenters. The summed E-state index contributed by atoms with van der Waals surface area (Å²) in [5.74, 6) is 0. The number of aromatic nitrogens is 2. The van der Waals surface area contributed by atoms with Gasteiger partial charge in [-0.3, -0.25) is 4.68 Å². The van der Waals surface area contributed by atoms with Crippen molar-refractivity contribution >= 4 is 0 Å². The van der Waals surface area contributed by atoms with E-state index in [-0.39, 0.29) is 0 Å². The Morgan fingerprint density at radius 1 is 1.77 bits per heavy atom. The molecule has 13 heavy (non-hydrogen) atoms. The van der Waals surface area contributed by atoms with E-state index >= 15 is 0 Å². The summed E-state index contributed by atoms with van der Waals surface area (Å²) in [6.07, 6.45) is 5.09. The van der Waals surface area contributed by atoms with E-state index < -0.39 is 0 Å². The van der Waals surface area contributed by atoms with Crippen LogP contribution in [0.15, 0.2) is 12.4 Å². The van der Waals surface area contributed by atoms with Gasteiger partial charge in [0, 0.05) is 24.9 Å². The molecule has 2 rings (SSSR count). The minimum absolute atomic E-state index is 0.450. The maximum atomic E-state index is 5.30. The second-order valence-corrected chi connectivity index (χ2v) is 3.38. The van der Waals surface area contributed by atoms with Gasteiger partial charge in [0.25, 0.3) is 0 Å². The fourth-order valence-corrected chi connectivity index (χ4v) is 1.60. The van der Waals surface area contributed by atoms with Gasteiger partial charge in [0.2, 0.25) is 0 Å². The zero-order valence-corrected chi connectivity index (χ0v) is 7.86. The van der Waals surface area contributed by atoms with Gasteiger partial charge in [-0.05, 0) is 13.5 Å². The van der Waals surface area contributed by atoms with Crippen molar-refractivity contribution in [3.05, 3.63) is 18.0 Å². The molecule has 0 radical (unpaired) electrons. The largest absolute Gasteiger partial charge is 0.379 e. The highest BCUT2D eigenvalue weighted by atomic mass is 16.5. The van der Waals surface area contributed by atoms with E-state index in [1.165, 1.54) is 5.56 Å². The van der Waals surface area contributed by atoms with Crippen molar-refractivity contribution in [1.29, 1.82) is 0 Å². The minimum Gasteiger partial charge on any atom is -0.379 e. The topological polar surface area (TPSA) is 39.1 Å². The van der Waals surface area contributed by atoms with E-state index in [1.54, 1.807) is 0 Å². The molecule has 1 atom stereocenters. The van der Waals surface area contributed by atoms with Crippen molar-refractivity contribution in [2.75, 3.05) is 20.3 Å². The third kappa shape index (κ3) is 1.89. The summed E-state index contributed by atoms with van der Waals surface area (Å²) in [5, 5.41) is 7.42. The molecule has 1 aliphatic rings. The molecular formula is C9H15N3O. The third-order valence-electron chi connectivity index (χ3n) is 2.32. The zero-order valence-electron chi connectivity index (χ0n) is 7.86. The molecule has 0 aliphatic carbocycles. The van der Waals surface area contributed by atoms with Gasteiger partial charge in [0.1, 0.15) is 0 Å². The highest BCUT2D eigenvalue weighted by molar-refractivity contribution is 5.04. The minimum atomic E-state index is 0.450. The molecule has 2 heterocycles. The number of nitrogens with one attached hydrogen (secondary N) is 1. The first-order chi connectivity index (χ1) is 6.40. The van der Waals surface area contributed by atoms with Crippen LogP contribution >= 0.6 is 0 Å². The molecule has 1 aromatic rings. The summed E-state index contributed by atoms with van der Waals surface area (Å²) < 4.78 is 7.32. The van der Waals surface area contributed by atoms with Crippen molar-refractivity contribution < 1.29 is 4.74 Å². The van der Waals surface area contributed by atoms with Gasteiger partial charge < -0.3 is 10.1 Å². The van der Waals surface area contributed by atoms with Gasteiger partial charge in [-0.25, -0.2) is 0 Å². The second-order valence-electron chi connectivity index (χ2n) is 3.38. The van der Waals surface area contributed by atoms with Crippen LogP contribution in [0.1, 0.15) is 18.0 Å². The maximum Gasteiger partial charge on any atom is 0.0774 e. The third-order valence-corrected chi connectivity index (χ3v) is 2.32. The molecule has 0 bridgehead atoms. The van der Waals surface area contributed by atoms with Crippen LogP contribution in [0.2, 0.25) is 0 Å². The monoisotopic (exact) mass is 181 g/mol. The second kappa shape index (κ2) is 3.89. The summed E-state index contributed by atoms with van der Waals surface area (Å²) in [4.78, 5) is 0. The summed E-state index contributed by atoms with van der Waals surface area (Å²) in [6, 6.07) is 0.450. The Bertz CT molecular complexity index is 266. The fraction of sp³-hybridized carbons (Fsp3) is 0.667. The molecular weight excluding hydrogens is 166 g/mol. The van der Waals surface area contributed by atoms with Crippen LogP contribution in [0.4, 0.5) is 0 Å². The van der Waals surface area contributed by atoms with Gasteiger partial charge in [0.05, 0.1) is 18.8 Å². The fourth-order valence-electron chi connectivity index (χ4n) is 1.60. The lowest BCUT2D eigenvalue weighted by Crippen LogP contribution is -2.09. The average Bonchev–Trinajstić information content (AvgIpc) is 2.70. The van der Waals surface area contributed by atoms with Gasteiger partial charge in [-0.1, -0.05) is 0 Å². The lowest BCUT2D eigenvalue weighted by molar-refractivity contribution is 0.184. The highest BCUT2D eigenvalue weighted by Crippen LogP contribution is 2.17. The number of hydrogen-bond donors (Lipinski definition) is 1. The van der Waals surface area contributed by atoms with Crippen LogP contribution in [0.5, 0.6) is 0 Å². The Morgan fingerprint density at radius 2 is 2.69 bits per heavy atom. The predicted octanol–water partition coefficient (Wildman–Crippen LogP) is 0.564. The van der Waals surface area contributed by atoms with Crippen molar-refractivity contribution in [3.8, 4) is 0 Å². The number of nitrogens with zero attached hydrogens (tertiary/aromatic N) is 2. The van der Waals surface area contributed by atoms with Crippen LogP contribution in [0.3, 0.4) is 0 Å². The summed E-state index contributed by atoms with van der Waals surface area (Å²) >= 11 is 0.